The van der Waals surface area contributed by atoms with Gasteiger partial charge in [-0.1, -0.05) is 6.07 Å². The predicted octanol–water partition coefficient (Wildman–Crippen LogP) is 2.83. The molecule has 0 aliphatic carbocycles. The quantitative estimate of drug-likeness (QED) is 0.906. The van der Waals surface area contributed by atoms with Gasteiger partial charge in [-0.05, 0) is 30.8 Å². The highest BCUT2D eigenvalue weighted by Gasteiger charge is 2.12. The topological polar surface area (TPSA) is 53.7 Å². The van der Waals surface area contributed by atoms with Crippen molar-refractivity contribution in [3.63, 3.8) is 0 Å². The van der Waals surface area contributed by atoms with Gasteiger partial charge in [0.1, 0.15) is 5.58 Å². The minimum absolute atomic E-state index is 0.131. The van der Waals surface area contributed by atoms with E-state index in [1.165, 1.54) is 11.0 Å². The summed E-state index contributed by atoms with van der Waals surface area (Å²) in [6.45, 7) is 0.0671. The molecule has 0 radical (unpaired) electrons. The molecule has 0 saturated heterocycles. The Labute approximate surface area is 108 Å². The minimum Gasteiger partial charge on any atom is -0.475 e. The van der Waals surface area contributed by atoms with Gasteiger partial charge in [-0.2, -0.15) is 0 Å². The van der Waals surface area contributed by atoms with Crippen molar-refractivity contribution in [2.75, 3.05) is 13.6 Å². The van der Waals surface area contributed by atoms with E-state index in [9.17, 15) is 13.6 Å². The highest BCUT2D eigenvalue weighted by molar-refractivity contribution is 5.91. The highest BCUT2D eigenvalue weighted by Crippen LogP contribution is 2.21. The van der Waals surface area contributed by atoms with Crippen molar-refractivity contribution in [3.05, 3.63) is 35.6 Å². The number of hydrogen-bond acceptors (Lipinski definition) is 3. The normalized spacial score (nSPS) is 11.6. The minimum atomic E-state index is -2.37. The number of carbonyl (C=O) groups is 1. The molecule has 0 fully saturated rings. The summed E-state index contributed by atoms with van der Waals surface area (Å²) in [5.41, 5.74) is 1.30. The third kappa shape index (κ3) is 3.29. The van der Waals surface area contributed by atoms with Crippen LogP contribution in [0, 0.1) is 0 Å². The zero-order valence-electron chi connectivity index (χ0n) is 10.3. The number of alkyl halides is 2. The molecule has 2 rings (SSSR count). The third-order valence-corrected chi connectivity index (χ3v) is 2.69. The molecule has 0 amide bonds. The molecule has 0 atom stereocenters. The van der Waals surface area contributed by atoms with Crippen LogP contribution in [0.3, 0.4) is 0 Å². The van der Waals surface area contributed by atoms with Crippen LogP contribution >= 0.6 is 0 Å². The number of rotatable bonds is 5. The second-order valence-corrected chi connectivity index (χ2v) is 4.38. The first-order chi connectivity index (χ1) is 8.95. The van der Waals surface area contributed by atoms with E-state index in [-0.39, 0.29) is 12.3 Å². The van der Waals surface area contributed by atoms with Crippen LogP contribution in [0.25, 0.3) is 11.0 Å². The molecule has 0 unspecified atom stereocenters. The molecular formula is C13H13F2NO3. The lowest BCUT2D eigenvalue weighted by Gasteiger charge is -2.15. The molecule has 2 aromatic rings. The van der Waals surface area contributed by atoms with E-state index in [2.05, 4.69) is 0 Å². The van der Waals surface area contributed by atoms with E-state index in [1.807, 2.05) is 0 Å². The zero-order valence-corrected chi connectivity index (χ0v) is 10.3. The maximum absolute atomic E-state index is 12.2. The van der Waals surface area contributed by atoms with Crippen molar-refractivity contribution in [1.29, 1.82) is 0 Å². The molecule has 1 aromatic heterocycles. The molecule has 0 aliphatic heterocycles. The lowest BCUT2D eigenvalue weighted by Crippen LogP contribution is -2.23. The number of furan rings is 1. The number of halogens is 2. The number of benzene rings is 1. The molecule has 19 heavy (non-hydrogen) atoms. The Morgan fingerprint density at radius 1 is 1.42 bits per heavy atom. The van der Waals surface area contributed by atoms with Crippen LogP contribution < -0.4 is 0 Å². The molecule has 0 spiro atoms. The number of carboxylic acids is 1. The van der Waals surface area contributed by atoms with E-state index < -0.39 is 12.4 Å². The molecule has 0 aliphatic rings. The van der Waals surface area contributed by atoms with E-state index in [4.69, 9.17) is 9.52 Å². The molecule has 6 heteroatoms. The fraction of sp³-hybridized carbons (Fsp3) is 0.308. The van der Waals surface area contributed by atoms with Crippen molar-refractivity contribution in [2.45, 2.75) is 13.0 Å². The summed E-state index contributed by atoms with van der Waals surface area (Å²) in [6, 6.07) is 6.55. The van der Waals surface area contributed by atoms with Gasteiger partial charge in [0.05, 0.1) is 6.54 Å². The summed E-state index contributed by atoms with van der Waals surface area (Å²) < 4.78 is 29.5. The fourth-order valence-corrected chi connectivity index (χ4v) is 1.91. The first-order valence-electron chi connectivity index (χ1n) is 5.68. The van der Waals surface area contributed by atoms with Crippen LogP contribution in [-0.2, 0) is 6.54 Å². The van der Waals surface area contributed by atoms with Crippen molar-refractivity contribution in [2.24, 2.45) is 0 Å². The van der Waals surface area contributed by atoms with Crippen LogP contribution in [-0.4, -0.2) is 36.0 Å². The van der Waals surface area contributed by atoms with Crippen LogP contribution in [0.1, 0.15) is 16.1 Å². The van der Waals surface area contributed by atoms with Gasteiger partial charge in [0.25, 0.3) is 6.43 Å². The van der Waals surface area contributed by atoms with Crippen LogP contribution in [0.4, 0.5) is 8.78 Å². The molecule has 102 valence electrons. The number of fused-ring (bicyclic) bond motifs is 1. The molecule has 1 N–H and O–H groups in total. The van der Waals surface area contributed by atoms with Crippen molar-refractivity contribution < 1.29 is 23.1 Å². The highest BCUT2D eigenvalue weighted by atomic mass is 19.3. The molecular weight excluding hydrogens is 256 g/mol. The van der Waals surface area contributed by atoms with E-state index in [1.54, 1.807) is 25.2 Å². The van der Waals surface area contributed by atoms with Gasteiger partial charge in [0, 0.05) is 11.9 Å². The predicted molar refractivity (Wildman–Crippen MR) is 65.5 cm³/mol. The van der Waals surface area contributed by atoms with Crippen molar-refractivity contribution in [1.82, 2.24) is 4.90 Å². The summed E-state index contributed by atoms with van der Waals surface area (Å²) in [4.78, 5) is 12.3. The van der Waals surface area contributed by atoms with Gasteiger partial charge in [-0.3, -0.25) is 4.90 Å². The third-order valence-electron chi connectivity index (χ3n) is 2.69. The molecule has 1 aromatic carbocycles. The maximum Gasteiger partial charge on any atom is 0.371 e. The standard InChI is InChI=1S/C13H13F2NO3/c1-16(7-12(14)15)6-8-2-3-10-9(4-8)5-11(19-10)13(17)18/h2-5,12H,6-7H2,1H3,(H,17,18). The summed E-state index contributed by atoms with van der Waals surface area (Å²) in [7, 11) is 1.61. The summed E-state index contributed by atoms with van der Waals surface area (Å²) >= 11 is 0. The fourth-order valence-electron chi connectivity index (χ4n) is 1.91. The van der Waals surface area contributed by atoms with Crippen LogP contribution in [0.15, 0.2) is 28.7 Å². The lowest BCUT2D eigenvalue weighted by atomic mass is 10.1. The van der Waals surface area contributed by atoms with Crippen LogP contribution in [0.5, 0.6) is 0 Å². The van der Waals surface area contributed by atoms with E-state index in [0.29, 0.717) is 17.5 Å². The Kier molecular flexibility index (Phi) is 3.80. The van der Waals surface area contributed by atoms with Gasteiger partial charge in [-0.25, -0.2) is 13.6 Å². The maximum atomic E-state index is 12.2. The average molecular weight is 269 g/mol. The molecule has 0 saturated carbocycles. The summed E-state index contributed by atoms with van der Waals surface area (Å²) in [6.07, 6.45) is -2.37. The van der Waals surface area contributed by atoms with E-state index in [0.717, 1.165) is 5.56 Å². The Bertz CT molecular complexity index is 595. The average Bonchev–Trinajstić information content (AvgIpc) is 2.70. The number of aromatic carboxylic acids is 1. The van der Waals surface area contributed by atoms with Crippen molar-refractivity contribution >= 4 is 16.9 Å². The van der Waals surface area contributed by atoms with Crippen molar-refractivity contribution in [3.8, 4) is 0 Å². The SMILES string of the molecule is CN(Cc1ccc2oc(C(=O)O)cc2c1)CC(F)F. The Balaban J connectivity index is 2.19. The first kappa shape index (κ1) is 13.5. The smallest absolute Gasteiger partial charge is 0.371 e. The van der Waals surface area contributed by atoms with E-state index >= 15 is 0 Å². The number of hydrogen-bond donors (Lipinski definition) is 1. The monoisotopic (exact) mass is 269 g/mol. The van der Waals surface area contributed by atoms with Gasteiger partial charge < -0.3 is 9.52 Å². The Hall–Kier alpha value is -1.95. The molecule has 0 bridgehead atoms. The zero-order chi connectivity index (χ0) is 14.0. The summed E-state index contributed by atoms with van der Waals surface area (Å²) in [5, 5.41) is 9.47. The van der Waals surface area contributed by atoms with Gasteiger partial charge >= 0.3 is 5.97 Å². The number of carboxylic acid groups (broad SMARTS) is 1. The largest absolute Gasteiger partial charge is 0.475 e. The Morgan fingerprint density at radius 3 is 2.79 bits per heavy atom. The lowest BCUT2D eigenvalue weighted by molar-refractivity contribution is 0.0665. The second kappa shape index (κ2) is 5.36. The van der Waals surface area contributed by atoms with Gasteiger partial charge in [0.15, 0.2) is 0 Å². The first-order valence-corrected chi connectivity index (χ1v) is 5.68. The Morgan fingerprint density at radius 2 is 2.16 bits per heavy atom. The molecule has 1 heterocycles. The second-order valence-electron chi connectivity index (χ2n) is 4.38. The summed E-state index contributed by atoms with van der Waals surface area (Å²) in [5.74, 6) is -1.26. The van der Waals surface area contributed by atoms with Gasteiger partial charge in [-0.15, -0.1) is 0 Å². The van der Waals surface area contributed by atoms with Crippen LogP contribution in [0.2, 0.25) is 0 Å². The molecule has 4 nitrogen and oxygen atoms in total. The van der Waals surface area contributed by atoms with Gasteiger partial charge in [0.2, 0.25) is 5.76 Å². The number of nitrogens with zero attached hydrogens (tertiary/aromatic N) is 1.